The fourth-order valence-corrected chi connectivity index (χ4v) is 3.12. The zero-order chi connectivity index (χ0) is 18.2. The molecule has 0 aliphatic carbocycles. The Morgan fingerprint density at radius 2 is 1.68 bits per heavy atom. The number of methoxy groups -OCH3 is 1. The molecule has 1 atom stereocenters. The lowest BCUT2D eigenvalue weighted by Gasteiger charge is -2.22. The van der Waals surface area contributed by atoms with E-state index in [0.717, 1.165) is 22.3 Å². The number of rotatable bonds is 4. The summed E-state index contributed by atoms with van der Waals surface area (Å²) >= 11 is 0. The first kappa shape index (κ1) is 17.0. The van der Waals surface area contributed by atoms with E-state index in [-0.39, 0.29) is 12.5 Å². The molecule has 0 bridgehead atoms. The molecule has 5 heteroatoms. The summed E-state index contributed by atoms with van der Waals surface area (Å²) < 4.78 is 5.36. The molecule has 3 rings (SSSR count). The molecule has 0 spiro atoms. The number of urea groups is 1. The Kier molecular flexibility index (Phi) is 4.25. The molecular weight excluding hydrogens is 316 g/mol. The van der Waals surface area contributed by atoms with Crippen LogP contribution < -0.4 is 10.1 Å². The number of benzene rings is 2. The molecule has 0 aromatic heterocycles. The van der Waals surface area contributed by atoms with Gasteiger partial charge in [0.25, 0.3) is 5.91 Å². The van der Waals surface area contributed by atoms with Gasteiger partial charge in [0.15, 0.2) is 0 Å². The van der Waals surface area contributed by atoms with Crippen molar-refractivity contribution in [1.29, 1.82) is 0 Å². The number of nitrogens with one attached hydrogen (secondary N) is 1. The van der Waals surface area contributed by atoms with Crippen LogP contribution in [0.4, 0.5) is 4.79 Å². The summed E-state index contributed by atoms with van der Waals surface area (Å²) in [6.07, 6.45) is 0. The number of carbonyl (C=O) groups excluding carboxylic acids is 2. The van der Waals surface area contributed by atoms with Gasteiger partial charge in [-0.3, -0.25) is 9.69 Å². The van der Waals surface area contributed by atoms with E-state index < -0.39 is 11.6 Å². The summed E-state index contributed by atoms with van der Waals surface area (Å²) in [7, 11) is 1.58. The van der Waals surface area contributed by atoms with E-state index in [0.29, 0.717) is 5.75 Å². The lowest BCUT2D eigenvalue weighted by molar-refractivity contribution is -0.131. The van der Waals surface area contributed by atoms with Crippen LogP contribution in [0, 0.1) is 13.8 Å². The molecule has 2 aromatic rings. The highest BCUT2D eigenvalue weighted by molar-refractivity contribution is 6.07. The van der Waals surface area contributed by atoms with Gasteiger partial charge in [-0.05, 0) is 32.4 Å². The van der Waals surface area contributed by atoms with Crippen molar-refractivity contribution in [1.82, 2.24) is 10.2 Å². The Morgan fingerprint density at radius 1 is 1.04 bits per heavy atom. The van der Waals surface area contributed by atoms with E-state index in [4.69, 9.17) is 4.74 Å². The second kappa shape index (κ2) is 6.24. The number of aryl methyl sites for hydroxylation is 2. The van der Waals surface area contributed by atoms with E-state index in [9.17, 15) is 9.59 Å². The highest BCUT2D eigenvalue weighted by atomic mass is 16.5. The molecule has 1 fully saturated rings. The number of hydrogen-bond donors (Lipinski definition) is 1. The SMILES string of the molecule is COc1ccc(C)cc1CN1C(=O)N[C@](C)(c2ccc(C)cc2)C1=O. The molecule has 1 aliphatic heterocycles. The van der Waals surface area contributed by atoms with Crippen LogP contribution in [-0.2, 0) is 16.9 Å². The zero-order valence-electron chi connectivity index (χ0n) is 14.9. The van der Waals surface area contributed by atoms with Gasteiger partial charge in [-0.15, -0.1) is 0 Å². The Hall–Kier alpha value is -2.82. The van der Waals surface area contributed by atoms with E-state index in [1.807, 2.05) is 56.3 Å². The highest BCUT2D eigenvalue weighted by Gasteiger charge is 2.49. The second-order valence-electron chi connectivity index (χ2n) is 6.63. The van der Waals surface area contributed by atoms with Crippen LogP contribution in [0.5, 0.6) is 5.75 Å². The Labute approximate surface area is 147 Å². The molecule has 0 saturated carbocycles. The van der Waals surface area contributed by atoms with Crippen molar-refractivity contribution in [3.05, 3.63) is 64.7 Å². The fraction of sp³-hybridized carbons (Fsp3) is 0.300. The van der Waals surface area contributed by atoms with Crippen LogP contribution in [0.2, 0.25) is 0 Å². The highest BCUT2D eigenvalue weighted by Crippen LogP contribution is 2.31. The molecule has 1 aliphatic rings. The average molecular weight is 338 g/mol. The normalized spacial score (nSPS) is 19.9. The summed E-state index contributed by atoms with van der Waals surface area (Å²) in [5.41, 5.74) is 2.67. The maximum Gasteiger partial charge on any atom is 0.325 e. The standard InChI is InChI=1S/C20H22N2O3/c1-13-5-8-16(9-6-13)20(3)18(23)22(19(24)21-20)12-15-11-14(2)7-10-17(15)25-4/h5-11H,12H2,1-4H3,(H,21,24)/t20-/m1/s1. The van der Waals surface area contributed by atoms with Crippen molar-refractivity contribution in [2.24, 2.45) is 0 Å². The molecule has 1 heterocycles. The Balaban J connectivity index is 1.92. The molecular formula is C20H22N2O3. The monoisotopic (exact) mass is 338 g/mol. The fourth-order valence-electron chi connectivity index (χ4n) is 3.12. The van der Waals surface area contributed by atoms with Gasteiger partial charge in [0.05, 0.1) is 13.7 Å². The number of ether oxygens (including phenoxy) is 1. The molecule has 1 saturated heterocycles. The first-order valence-electron chi connectivity index (χ1n) is 8.20. The summed E-state index contributed by atoms with van der Waals surface area (Å²) in [5.74, 6) is 0.403. The van der Waals surface area contributed by atoms with Gasteiger partial charge in [0, 0.05) is 5.56 Å². The zero-order valence-corrected chi connectivity index (χ0v) is 14.9. The first-order chi connectivity index (χ1) is 11.8. The van der Waals surface area contributed by atoms with Crippen LogP contribution in [0.15, 0.2) is 42.5 Å². The lowest BCUT2D eigenvalue weighted by atomic mass is 9.91. The summed E-state index contributed by atoms with van der Waals surface area (Å²) in [6.45, 7) is 5.87. The number of nitrogens with zero attached hydrogens (tertiary/aromatic N) is 1. The molecule has 130 valence electrons. The van der Waals surface area contributed by atoms with Crippen LogP contribution >= 0.6 is 0 Å². The smallest absolute Gasteiger partial charge is 0.325 e. The van der Waals surface area contributed by atoms with Crippen molar-refractivity contribution in [2.75, 3.05) is 7.11 Å². The molecule has 0 unspecified atom stereocenters. The van der Waals surface area contributed by atoms with Crippen LogP contribution in [0.25, 0.3) is 0 Å². The molecule has 0 radical (unpaired) electrons. The molecule has 25 heavy (non-hydrogen) atoms. The minimum atomic E-state index is -1.05. The average Bonchev–Trinajstić information content (AvgIpc) is 2.80. The molecule has 3 amide bonds. The van der Waals surface area contributed by atoms with Crippen molar-refractivity contribution >= 4 is 11.9 Å². The third kappa shape index (κ3) is 2.97. The number of imide groups is 1. The minimum Gasteiger partial charge on any atom is -0.496 e. The molecule has 1 N–H and O–H groups in total. The van der Waals surface area contributed by atoms with E-state index in [1.54, 1.807) is 14.0 Å². The van der Waals surface area contributed by atoms with Gasteiger partial charge in [0.2, 0.25) is 0 Å². The van der Waals surface area contributed by atoms with Gasteiger partial charge >= 0.3 is 6.03 Å². The van der Waals surface area contributed by atoms with Crippen molar-refractivity contribution < 1.29 is 14.3 Å². The number of amides is 3. The van der Waals surface area contributed by atoms with E-state index in [1.165, 1.54) is 4.90 Å². The Morgan fingerprint density at radius 3 is 2.32 bits per heavy atom. The number of carbonyl (C=O) groups is 2. The van der Waals surface area contributed by atoms with Gasteiger partial charge in [-0.25, -0.2) is 4.79 Å². The van der Waals surface area contributed by atoms with Crippen molar-refractivity contribution in [3.63, 3.8) is 0 Å². The quantitative estimate of drug-likeness (QED) is 0.871. The van der Waals surface area contributed by atoms with Crippen molar-refractivity contribution in [3.8, 4) is 5.75 Å². The van der Waals surface area contributed by atoms with Gasteiger partial charge in [-0.1, -0.05) is 47.5 Å². The van der Waals surface area contributed by atoms with Gasteiger partial charge < -0.3 is 10.1 Å². The van der Waals surface area contributed by atoms with Crippen LogP contribution in [0.3, 0.4) is 0 Å². The topological polar surface area (TPSA) is 58.6 Å². The van der Waals surface area contributed by atoms with Gasteiger partial charge in [0.1, 0.15) is 11.3 Å². The predicted molar refractivity (Wildman–Crippen MR) is 95.3 cm³/mol. The largest absolute Gasteiger partial charge is 0.496 e. The lowest BCUT2D eigenvalue weighted by Crippen LogP contribution is -2.40. The minimum absolute atomic E-state index is 0.178. The summed E-state index contributed by atoms with van der Waals surface area (Å²) in [5, 5.41) is 2.83. The first-order valence-corrected chi connectivity index (χ1v) is 8.20. The summed E-state index contributed by atoms with van der Waals surface area (Å²) in [6, 6.07) is 13.0. The van der Waals surface area contributed by atoms with E-state index >= 15 is 0 Å². The van der Waals surface area contributed by atoms with Crippen LogP contribution in [-0.4, -0.2) is 23.9 Å². The summed E-state index contributed by atoms with van der Waals surface area (Å²) in [4.78, 5) is 26.7. The third-order valence-electron chi connectivity index (χ3n) is 4.67. The van der Waals surface area contributed by atoms with Crippen molar-refractivity contribution in [2.45, 2.75) is 32.9 Å². The number of hydrogen-bond acceptors (Lipinski definition) is 3. The molecule has 2 aromatic carbocycles. The van der Waals surface area contributed by atoms with E-state index in [2.05, 4.69) is 5.32 Å². The predicted octanol–water partition coefficient (Wildman–Crippen LogP) is 3.28. The maximum absolute atomic E-state index is 13.0. The maximum atomic E-state index is 13.0. The van der Waals surface area contributed by atoms with Gasteiger partial charge in [-0.2, -0.15) is 0 Å². The van der Waals surface area contributed by atoms with Crippen LogP contribution in [0.1, 0.15) is 29.2 Å². The third-order valence-corrected chi connectivity index (χ3v) is 4.67. The second-order valence-corrected chi connectivity index (χ2v) is 6.63. The Bertz CT molecular complexity index is 829. The molecule has 5 nitrogen and oxygen atoms in total.